The van der Waals surface area contributed by atoms with Crippen molar-refractivity contribution >= 4 is 40.1 Å². The Kier molecular flexibility index (Phi) is 6.13. The third-order valence-electron chi connectivity index (χ3n) is 4.82. The van der Waals surface area contributed by atoms with Gasteiger partial charge in [-0.05, 0) is 41.2 Å². The Balaban J connectivity index is 2.08. The molecule has 0 aliphatic heterocycles. The van der Waals surface area contributed by atoms with Crippen molar-refractivity contribution in [2.24, 2.45) is 0 Å². The van der Waals surface area contributed by atoms with E-state index in [1.54, 1.807) is 6.07 Å². The van der Waals surface area contributed by atoms with Crippen LogP contribution in [0.3, 0.4) is 0 Å². The van der Waals surface area contributed by atoms with Gasteiger partial charge in [0, 0.05) is 34.6 Å². The van der Waals surface area contributed by atoms with E-state index in [-0.39, 0.29) is 5.97 Å². The number of para-hydroxylation sites is 1. The van der Waals surface area contributed by atoms with Crippen molar-refractivity contribution in [3.8, 4) is 0 Å². The molecular formula is C22H23Cl2NO2. The molecule has 3 aromatic rings. The van der Waals surface area contributed by atoms with Crippen LogP contribution in [0.25, 0.3) is 10.9 Å². The van der Waals surface area contributed by atoms with Gasteiger partial charge in [-0.3, -0.25) is 4.79 Å². The smallest absolute Gasteiger partial charge is 0.305 e. The van der Waals surface area contributed by atoms with Crippen LogP contribution < -0.4 is 0 Å². The van der Waals surface area contributed by atoms with Gasteiger partial charge in [0.05, 0.1) is 12.6 Å². The van der Waals surface area contributed by atoms with Crippen molar-refractivity contribution < 1.29 is 9.53 Å². The zero-order valence-corrected chi connectivity index (χ0v) is 17.3. The zero-order chi connectivity index (χ0) is 19.6. The Morgan fingerprint density at radius 2 is 1.93 bits per heavy atom. The molecule has 0 N–H and O–H groups in total. The van der Waals surface area contributed by atoms with Gasteiger partial charge in [-0.15, -0.1) is 0 Å². The van der Waals surface area contributed by atoms with Crippen molar-refractivity contribution in [3.05, 3.63) is 69.3 Å². The van der Waals surface area contributed by atoms with Gasteiger partial charge < -0.3 is 9.30 Å². The van der Waals surface area contributed by atoms with Crippen LogP contribution in [-0.2, 0) is 22.5 Å². The molecule has 1 aromatic heterocycles. The van der Waals surface area contributed by atoms with Gasteiger partial charge in [0.1, 0.15) is 0 Å². The Bertz CT molecular complexity index is 976. The van der Waals surface area contributed by atoms with Crippen LogP contribution in [0.2, 0.25) is 10.0 Å². The summed E-state index contributed by atoms with van der Waals surface area (Å²) in [5.41, 5.74) is 4.58. The first kappa shape index (κ1) is 19.8. The third kappa shape index (κ3) is 4.31. The summed E-state index contributed by atoms with van der Waals surface area (Å²) in [4.78, 5) is 11.6. The number of ether oxygens (including phenoxy) is 1. The Morgan fingerprint density at radius 1 is 1.15 bits per heavy atom. The first-order valence-corrected chi connectivity index (χ1v) is 9.77. The number of nitrogens with zero attached hydrogens (tertiary/aromatic N) is 1. The fraction of sp³-hybridized carbons (Fsp3) is 0.318. The van der Waals surface area contributed by atoms with Gasteiger partial charge in [-0.25, -0.2) is 0 Å². The molecular weight excluding hydrogens is 381 g/mol. The van der Waals surface area contributed by atoms with E-state index in [1.807, 2.05) is 12.1 Å². The molecule has 0 saturated heterocycles. The van der Waals surface area contributed by atoms with Crippen molar-refractivity contribution in [1.29, 1.82) is 0 Å². The molecule has 1 heterocycles. The molecule has 0 bridgehead atoms. The van der Waals surface area contributed by atoms with E-state index in [1.165, 1.54) is 18.1 Å². The number of aromatic nitrogens is 1. The summed E-state index contributed by atoms with van der Waals surface area (Å²) in [6, 6.07) is 11.9. The monoisotopic (exact) mass is 403 g/mol. The van der Waals surface area contributed by atoms with Crippen molar-refractivity contribution in [3.63, 3.8) is 0 Å². The van der Waals surface area contributed by atoms with Crippen LogP contribution in [0.15, 0.2) is 42.6 Å². The summed E-state index contributed by atoms with van der Waals surface area (Å²) < 4.78 is 7.03. The number of aryl methyl sites for hydroxylation is 1. The normalized spacial score (nSPS) is 11.3. The third-order valence-corrected chi connectivity index (χ3v) is 5.40. The summed E-state index contributed by atoms with van der Waals surface area (Å²) in [5, 5.41) is 2.50. The standard InChI is InChI=1S/C22H23Cl2NO2/c1-14(2)19-13-25(12-16-7-9-17(23)11-20(16)24)22-15(5-4-6-18(19)22)8-10-21(26)27-3/h4-7,9,11,13-14H,8,10,12H2,1-3H3. The first-order valence-electron chi connectivity index (χ1n) is 9.02. The molecule has 0 atom stereocenters. The van der Waals surface area contributed by atoms with Gasteiger partial charge in [0.2, 0.25) is 0 Å². The topological polar surface area (TPSA) is 31.2 Å². The lowest BCUT2D eigenvalue weighted by atomic mass is 9.99. The average Bonchev–Trinajstić information content (AvgIpc) is 3.01. The second-order valence-corrected chi connectivity index (χ2v) is 7.84. The van der Waals surface area contributed by atoms with Crippen LogP contribution in [-0.4, -0.2) is 17.6 Å². The van der Waals surface area contributed by atoms with Gasteiger partial charge in [-0.1, -0.05) is 61.3 Å². The van der Waals surface area contributed by atoms with E-state index < -0.39 is 0 Å². The number of hydrogen-bond acceptors (Lipinski definition) is 2. The maximum absolute atomic E-state index is 11.6. The lowest BCUT2D eigenvalue weighted by molar-refractivity contribution is -0.140. The number of halogens is 2. The minimum Gasteiger partial charge on any atom is -0.469 e. The van der Waals surface area contributed by atoms with Gasteiger partial charge in [0.25, 0.3) is 0 Å². The van der Waals surface area contributed by atoms with Crippen molar-refractivity contribution in [1.82, 2.24) is 4.57 Å². The molecule has 0 fully saturated rings. The van der Waals surface area contributed by atoms with Crippen molar-refractivity contribution in [2.75, 3.05) is 7.11 Å². The molecule has 0 saturated carbocycles. The molecule has 3 nitrogen and oxygen atoms in total. The van der Waals surface area contributed by atoms with Gasteiger partial charge in [0.15, 0.2) is 0 Å². The molecule has 0 radical (unpaired) electrons. The molecule has 0 unspecified atom stereocenters. The summed E-state index contributed by atoms with van der Waals surface area (Å²) in [6.07, 6.45) is 3.20. The molecule has 3 rings (SSSR count). The van der Waals surface area contributed by atoms with Gasteiger partial charge in [-0.2, -0.15) is 0 Å². The fourth-order valence-corrected chi connectivity index (χ4v) is 3.89. The van der Waals surface area contributed by atoms with Crippen molar-refractivity contribution in [2.45, 2.75) is 39.2 Å². The number of rotatable bonds is 6. The van der Waals surface area contributed by atoms with E-state index in [2.05, 4.69) is 42.8 Å². The maximum Gasteiger partial charge on any atom is 0.305 e. The van der Waals surface area contributed by atoms with E-state index >= 15 is 0 Å². The summed E-state index contributed by atoms with van der Waals surface area (Å²) in [6.45, 7) is 5.03. The number of benzene rings is 2. The highest BCUT2D eigenvalue weighted by Gasteiger charge is 2.16. The molecule has 142 valence electrons. The zero-order valence-electron chi connectivity index (χ0n) is 15.8. The highest BCUT2D eigenvalue weighted by Crippen LogP contribution is 2.32. The number of methoxy groups -OCH3 is 1. The molecule has 5 heteroatoms. The molecule has 0 spiro atoms. The Morgan fingerprint density at radius 3 is 2.59 bits per heavy atom. The highest BCUT2D eigenvalue weighted by atomic mass is 35.5. The number of carbonyl (C=O) groups is 1. The summed E-state index contributed by atoms with van der Waals surface area (Å²) >= 11 is 12.4. The summed E-state index contributed by atoms with van der Waals surface area (Å²) in [5.74, 6) is 0.195. The molecule has 0 aliphatic carbocycles. The SMILES string of the molecule is COC(=O)CCc1cccc2c(C(C)C)cn(Cc3ccc(Cl)cc3Cl)c12. The number of fused-ring (bicyclic) bond motifs is 1. The van der Waals surface area contributed by atoms with Crippen LogP contribution in [0.1, 0.15) is 42.9 Å². The molecule has 0 amide bonds. The van der Waals surface area contributed by atoms with Gasteiger partial charge >= 0.3 is 5.97 Å². The van der Waals surface area contributed by atoms with E-state index in [0.29, 0.717) is 35.3 Å². The number of carbonyl (C=O) groups excluding carboxylic acids is 1. The lowest BCUT2D eigenvalue weighted by Gasteiger charge is -2.11. The average molecular weight is 404 g/mol. The second-order valence-electron chi connectivity index (χ2n) is 6.99. The van der Waals surface area contributed by atoms with Crippen LogP contribution in [0.5, 0.6) is 0 Å². The predicted molar refractivity (Wildman–Crippen MR) is 112 cm³/mol. The predicted octanol–water partition coefficient (Wildman–Crippen LogP) is 6.23. The first-order chi connectivity index (χ1) is 12.9. The van der Waals surface area contributed by atoms with Crippen LogP contribution in [0, 0.1) is 0 Å². The quantitative estimate of drug-likeness (QED) is 0.457. The van der Waals surface area contributed by atoms with E-state index in [9.17, 15) is 4.79 Å². The highest BCUT2D eigenvalue weighted by molar-refractivity contribution is 6.35. The molecule has 0 aliphatic rings. The Labute approximate surface area is 169 Å². The fourth-order valence-electron chi connectivity index (χ4n) is 3.42. The largest absolute Gasteiger partial charge is 0.469 e. The van der Waals surface area contributed by atoms with Crippen LogP contribution >= 0.6 is 23.2 Å². The number of hydrogen-bond donors (Lipinski definition) is 0. The number of esters is 1. The lowest BCUT2D eigenvalue weighted by Crippen LogP contribution is -2.04. The molecule has 2 aromatic carbocycles. The summed E-state index contributed by atoms with van der Waals surface area (Å²) in [7, 11) is 1.42. The Hall–Kier alpha value is -1.97. The minimum absolute atomic E-state index is 0.199. The second kappa shape index (κ2) is 8.37. The van der Waals surface area contributed by atoms with Crippen LogP contribution in [0.4, 0.5) is 0 Å². The van der Waals surface area contributed by atoms with E-state index in [0.717, 1.165) is 16.6 Å². The molecule has 27 heavy (non-hydrogen) atoms. The maximum atomic E-state index is 11.6. The minimum atomic E-state index is -0.199. The van der Waals surface area contributed by atoms with E-state index in [4.69, 9.17) is 27.9 Å².